The van der Waals surface area contributed by atoms with Crippen LogP contribution in [0.15, 0.2) is 51.4 Å². The maximum absolute atomic E-state index is 11.3. The molecule has 194 valence electrons. The van der Waals surface area contributed by atoms with Crippen molar-refractivity contribution in [2.45, 2.75) is 48.7 Å². The van der Waals surface area contributed by atoms with Gasteiger partial charge in [-0.05, 0) is 50.1 Å². The van der Waals surface area contributed by atoms with Crippen LogP contribution in [0, 0.1) is 5.92 Å². The van der Waals surface area contributed by atoms with Crippen molar-refractivity contribution in [1.29, 1.82) is 0 Å². The highest BCUT2D eigenvalue weighted by Crippen LogP contribution is 2.35. The average molecular weight is 520 g/mol. The standard InChI is InChI=1S/C26H33N9OS/c1-17(36)27-19-5-7-21(8-6-19)37-25-14-24-28-20(15-34-11-9-33(2)10-12-34)16-35(24)26(30-25)29-23-13-22(31-32-23)18-3-4-18/h5-8,14,16,18,22,31H,3-4,9-13,15H2,1-2H3,(H,27,36)(H,29,30,32). The number of likely N-dealkylation sites (N-methyl/N-ethyl adjacent to an activating group) is 1. The Morgan fingerprint density at radius 1 is 1.16 bits per heavy atom. The van der Waals surface area contributed by atoms with Crippen molar-refractivity contribution in [3.05, 3.63) is 42.2 Å². The highest BCUT2D eigenvalue weighted by molar-refractivity contribution is 7.99. The third-order valence-electron chi connectivity index (χ3n) is 7.08. The first-order valence-electron chi connectivity index (χ1n) is 12.9. The topological polar surface area (TPSA) is 102 Å². The summed E-state index contributed by atoms with van der Waals surface area (Å²) in [4.78, 5) is 32.0. The summed E-state index contributed by atoms with van der Waals surface area (Å²) in [6.45, 7) is 6.58. The van der Waals surface area contributed by atoms with Gasteiger partial charge in [-0.1, -0.05) is 11.8 Å². The first kappa shape index (κ1) is 24.4. The molecule has 6 rings (SSSR count). The molecule has 37 heavy (non-hydrogen) atoms. The van der Waals surface area contributed by atoms with E-state index in [0.29, 0.717) is 12.0 Å². The van der Waals surface area contributed by atoms with E-state index >= 15 is 0 Å². The molecule has 3 aliphatic rings. The van der Waals surface area contributed by atoms with E-state index in [0.717, 1.165) is 77.8 Å². The summed E-state index contributed by atoms with van der Waals surface area (Å²) in [6.07, 6.45) is 5.55. The van der Waals surface area contributed by atoms with Gasteiger partial charge < -0.3 is 15.6 Å². The van der Waals surface area contributed by atoms with Crippen LogP contribution in [0.5, 0.6) is 0 Å². The molecule has 0 spiro atoms. The number of amidine groups is 1. The van der Waals surface area contributed by atoms with Crippen LogP contribution in [0.25, 0.3) is 5.65 Å². The molecule has 0 radical (unpaired) electrons. The van der Waals surface area contributed by atoms with Crippen LogP contribution in [0.4, 0.5) is 11.6 Å². The Hall–Kier alpha value is -2.99. The highest BCUT2D eigenvalue weighted by Gasteiger charge is 2.35. The van der Waals surface area contributed by atoms with E-state index in [9.17, 15) is 4.79 Å². The number of aliphatic imine (C=N–C) groups is 1. The van der Waals surface area contributed by atoms with Gasteiger partial charge in [0.05, 0.1) is 5.69 Å². The number of hydrogen-bond donors (Lipinski definition) is 3. The zero-order valence-electron chi connectivity index (χ0n) is 21.3. The number of anilines is 1. The van der Waals surface area contributed by atoms with Gasteiger partial charge >= 0.3 is 0 Å². The molecule has 3 aromatic rings. The molecule has 1 saturated carbocycles. The van der Waals surface area contributed by atoms with Gasteiger partial charge in [-0.15, -0.1) is 0 Å². The summed E-state index contributed by atoms with van der Waals surface area (Å²) in [6, 6.07) is 10.3. The number of hydrogen-bond acceptors (Lipinski definition) is 8. The number of carbonyl (C=O) groups excluding carboxylic acids is 1. The molecule has 2 aliphatic heterocycles. The minimum absolute atomic E-state index is 0.0816. The van der Waals surface area contributed by atoms with E-state index in [1.54, 1.807) is 11.8 Å². The van der Waals surface area contributed by atoms with Crippen LogP contribution >= 0.6 is 11.8 Å². The molecule has 1 unspecified atom stereocenters. The second-order valence-electron chi connectivity index (χ2n) is 10.2. The molecule has 2 saturated heterocycles. The summed E-state index contributed by atoms with van der Waals surface area (Å²) in [5, 5.41) is 3.64. The number of hydrazine groups is 1. The maximum Gasteiger partial charge on any atom is 0.238 e. The molecule has 11 heteroatoms. The minimum atomic E-state index is -0.0816. The summed E-state index contributed by atoms with van der Waals surface area (Å²) >= 11 is 1.56. The quantitative estimate of drug-likeness (QED) is 0.410. The molecule has 0 bridgehead atoms. The fourth-order valence-electron chi connectivity index (χ4n) is 4.84. The predicted molar refractivity (Wildman–Crippen MR) is 145 cm³/mol. The monoisotopic (exact) mass is 519 g/mol. The number of imidazole rings is 1. The number of fused-ring (bicyclic) bond motifs is 1. The maximum atomic E-state index is 11.3. The van der Waals surface area contributed by atoms with Crippen molar-refractivity contribution in [1.82, 2.24) is 35.0 Å². The zero-order chi connectivity index (χ0) is 25.4. The lowest BCUT2D eigenvalue weighted by Crippen LogP contribution is -2.43. The van der Waals surface area contributed by atoms with Crippen LogP contribution in [-0.2, 0) is 11.3 Å². The van der Waals surface area contributed by atoms with E-state index in [1.165, 1.54) is 19.8 Å². The molecule has 1 amide bonds. The summed E-state index contributed by atoms with van der Waals surface area (Å²) in [5.74, 6) is 2.22. The van der Waals surface area contributed by atoms with E-state index in [4.69, 9.17) is 15.0 Å². The Balaban J connectivity index is 1.28. The van der Waals surface area contributed by atoms with Crippen molar-refractivity contribution >= 4 is 40.8 Å². The van der Waals surface area contributed by atoms with Gasteiger partial charge in [0.25, 0.3) is 0 Å². The van der Waals surface area contributed by atoms with E-state index < -0.39 is 0 Å². The van der Waals surface area contributed by atoms with Crippen LogP contribution in [-0.4, -0.2) is 75.2 Å². The number of rotatable bonds is 7. The molecule has 4 heterocycles. The van der Waals surface area contributed by atoms with Gasteiger partial charge in [-0.2, -0.15) is 4.99 Å². The Labute approximate surface area is 220 Å². The first-order valence-corrected chi connectivity index (χ1v) is 13.7. The number of benzene rings is 1. The third-order valence-corrected chi connectivity index (χ3v) is 8.01. The molecule has 1 aromatic carbocycles. The molecular formula is C26H33N9OS. The van der Waals surface area contributed by atoms with Crippen LogP contribution in [0.3, 0.4) is 0 Å². The van der Waals surface area contributed by atoms with Gasteiger partial charge in [0.15, 0.2) is 0 Å². The van der Waals surface area contributed by atoms with Crippen molar-refractivity contribution in [2.75, 3.05) is 38.5 Å². The number of aromatic nitrogens is 3. The lowest BCUT2D eigenvalue weighted by atomic mass is 10.1. The second kappa shape index (κ2) is 10.4. The van der Waals surface area contributed by atoms with E-state index in [1.807, 2.05) is 34.7 Å². The van der Waals surface area contributed by atoms with Gasteiger partial charge in [0.2, 0.25) is 11.9 Å². The Bertz CT molecular complexity index is 1310. The SMILES string of the molecule is CC(=O)Nc1ccc(Sc2cc3nc(CN4CCN(C)CC4)cn3c(/N=C3\CC(C4CC4)NN3)n2)cc1. The predicted octanol–water partition coefficient (Wildman–Crippen LogP) is 2.89. The first-order chi connectivity index (χ1) is 18.0. The van der Waals surface area contributed by atoms with Crippen molar-refractivity contribution in [3.63, 3.8) is 0 Å². The van der Waals surface area contributed by atoms with Gasteiger partial charge in [-0.25, -0.2) is 15.4 Å². The molecular weight excluding hydrogens is 486 g/mol. The smallest absolute Gasteiger partial charge is 0.238 e. The zero-order valence-corrected chi connectivity index (χ0v) is 22.1. The Kier molecular flexibility index (Phi) is 6.85. The number of piperazine rings is 1. The Morgan fingerprint density at radius 2 is 1.95 bits per heavy atom. The summed E-state index contributed by atoms with van der Waals surface area (Å²) in [7, 11) is 2.17. The third kappa shape index (κ3) is 5.96. The van der Waals surface area contributed by atoms with Gasteiger partial charge in [0, 0.05) is 75.0 Å². The lowest BCUT2D eigenvalue weighted by Gasteiger charge is -2.31. The van der Waals surface area contributed by atoms with E-state index in [2.05, 4.69) is 39.2 Å². The molecule has 3 fully saturated rings. The fraction of sp³-hybridized carbons (Fsp3) is 0.462. The summed E-state index contributed by atoms with van der Waals surface area (Å²) < 4.78 is 2.01. The van der Waals surface area contributed by atoms with Crippen LogP contribution in [0.1, 0.15) is 31.9 Å². The second-order valence-corrected chi connectivity index (χ2v) is 11.3. The number of nitrogens with zero attached hydrogens (tertiary/aromatic N) is 6. The largest absolute Gasteiger partial charge is 0.326 e. The summed E-state index contributed by atoms with van der Waals surface area (Å²) in [5.41, 5.74) is 9.33. The van der Waals surface area contributed by atoms with Crippen molar-refractivity contribution in [3.8, 4) is 0 Å². The minimum Gasteiger partial charge on any atom is -0.326 e. The van der Waals surface area contributed by atoms with Crippen LogP contribution < -0.4 is 16.2 Å². The average Bonchev–Trinajstić information content (AvgIpc) is 3.48. The van der Waals surface area contributed by atoms with Crippen molar-refractivity contribution < 1.29 is 4.79 Å². The fourth-order valence-corrected chi connectivity index (χ4v) is 5.64. The van der Waals surface area contributed by atoms with Crippen LogP contribution in [0.2, 0.25) is 0 Å². The van der Waals surface area contributed by atoms with Gasteiger partial charge in [-0.3, -0.25) is 14.1 Å². The van der Waals surface area contributed by atoms with Crippen molar-refractivity contribution in [2.24, 2.45) is 10.9 Å². The number of nitrogens with one attached hydrogen (secondary N) is 3. The molecule has 10 nitrogen and oxygen atoms in total. The molecule has 1 atom stereocenters. The van der Waals surface area contributed by atoms with E-state index in [-0.39, 0.29) is 5.91 Å². The molecule has 2 aromatic heterocycles. The highest BCUT2D eigenvalue weighted by atomic mass is 32.2. The molecule has 3 N–H and O–H groups in total. The number of amides is 1. The van der Waals surface area contributed by atoms with Gasteiger partial charge in [0.1, 0.15) is 16.5 Å². The Morgan fingerprint density at radius 3 is 2.68 bits per heavy atom. The molecule has 1 aliphatic carbocycles. The number of carbonyl (C=O) groups is 1. The normalized spacial score (nSPS) is 22.0. The lowest BCUT2D eigenvalue weighted by molar-refractivity contribution is -0.114.